The Morgan fingerprint density at radius 1 is 0.676 bits per heavy atom. The van der Waals surface area contributed by atoms with E-state index in [-0.39, 0.29) is 11.5 Å². The van der Waals surface area contributed by atoms with E-state index in [1.807, 2.05) is 19.2 Å². The minimum absolute atomic E-state index is 0.0646. The number of fused-ring (bicyclic) bond motifs is 4. The van der Waals surface area contributed by atoms with Gasteiger partial charge >= 0.3 is 0 Å². The summed E-state index contributed by atoms with van der Waals surface area (Å²) in [6, 6.07) is 10.6. The molecule has 9 heteroatoms. The van der Waals surface area contributed by atoms with Crippen molar-refractivity contribution in [3.8, 4) is 23.0 Å². The van der Waals surface area contributed by atoms with Crippen molar-refractivity contribution in [3.05, 3.63) is 47.5 Å². The molecule has 4 bridgehead atoms. The van der Waals surface area contributed by atoms with Crippen LogP contribution < -0.4 is 9.47 Å². The Balaban J connectivity index is 1.60. The van der Waals surface area contributed by atoms with E-state index in [2.05, 4.69) is 14.9 Å². The van der Waals surface area contributed by atoms with Crippen molar-refractivity contribution in [1.29, 1.82) is 0 Å². The molecular weight excluding hydrogens is 438 g/mol. The van der Waals surface area contributed by atoms with Crippen LogP contribution in [-0.4, -0.2) is 100 Å². The van der Waals surface area contributed by atoms with Crippen molar-refractivity contribution in [2.24, 2.45) is 9.98 Å². The molecule has 0 unspecified atom stereocenters. The molecule has 9 nitrogen and oxygen atoms in total. The molecule has 0 saturated carbocycles. The molecule has 0 radical (unpaired) electrons. The van der Waals surface area contributed by atoms with Crippen LogP contribution in [0.25, 0.3) is 0 Å². The molecule has 1 aliphatic heterocycles. The summed E-state index contributed by atoms with van der Waals surface area (Å²) < 4.78 is 22.3. The fourth-order valence-corrected chi connectivity index (χ4v) is 3.16. The zero-order valence-corrected chi connectivity index (χ0v) is 19.6. The predicted molar refractivity (Wildman–Crippen MR) is 131 cm³/mol. The van der Waals surface area contributed by atoms with Crippen LogP contribution in [0.2, 0.25) is 0 Å². The molecule has 0 saturated heterocycles. The number of hydrogen-bond donors (Lipinski definition) is 2. The van der Waals surface area contributed by atoms with Gasteiger partial charge in [0.05, 0.1) is 39.5 Å². The highest BCUT2D eigenvalue weighted by Crippen LogP contribution is 2.29. The second-order valence-corrected chi connectivity index (χ2v) is 7.68. The van der Waals surface area contributed by atoms with Crippen LogP contribution in [0.4, 0.5) is 0 Å². The molecule has 2 aromatic rings. The number of aromatic hydroxyl groups is 2. The van der Waals surface area contributed by atoms with Gasteiger partial charge in [0.15, 0.2) is 23.0 Å². The number of phenolic OH excluding ortho intramolecular Hbond substituents is 2. The van der Waals surface area contributed by atoms with E-state index < -0.39 is 0 Å². The molecule has 2 aromatic carbocycles. The van der Waals surface area contributed by atoms with Gasteiger partial charge in [-0.25, -0.2) is 0 Å². The van der Waals surface area contributed by atoms with Gasteiger partial charge in [-0.3, -0.25) is 9.98 Å². The van der Waals surface area contributed by atoms with Gasteiger partial charge in [0.1, 0.15) is 13.2 Å². The first-order valence-corrected chi connectivity index (χ1v) is 11.4. The van der Waals surface area contributed by atoms with Crippen LogP contribution in [0, 0.1) is 0 Å². The molecule has 3 rings (SSSR count). The number of benzene rings is 2. The normalized spacial score (nSPS) is 17.7. The van der Waals surface area contributed by atoms with Crippen LogP contribution in [-0.2, 0) is 9.47 Å². The third-order valence-electron chi connectivity index (χ3n) is 5.09. The lowest BCUT2D eigenvalue weighted by molar-refractivity contribution is 0.0269. The Morgan fingerprint density at radius 3 is 1.59 bits per heavy atom. The van der Waals surface area contributed by atoms with E-state index in [4.69, 9.17) is 18.9 Å². The van der Waals surface area contributed by atoms with E-state index >= 15 is 0 Å². The Kier molecular flexibility index (Phi) is 10.6. The quantitative estimate of drug-likeness (QED) is 0.608. The van der Waals surface area contributed by atoms with Gasteiger partial charge in [-0.15, -0.1) is 0 Å². The molecule has 0 atom stereocenters. The third-order valence-corrected chi connectivity index (χ3v) is 5.09. The zero-order valence-electron chi connectivity index (χ0n) is 19.6. The molecule has 0 fully saturated rings. The number of nitrogens with zero attached hydrogens (tertiary/aromatic N) is 3. The Bertz CT molecular complexity index is 875. The van der Waals surface area contributed by atoms with Crippen LogP contribution >= 0.6 is 0 Å². The lowest BCUT2D eigenvalue weighted by Crippen LogP contribution is -2.24. The molecule has 34 heavy (non-hydrogen) atoms. The molecule has 2 N–H and O–H groups in total. The SMILES string of the molecule is CN1CCN=Cc2cccc(c2O)OCCOCCOCCOc2cccc(c2O)C=NCC1. The number of phenols is 2. The molecule has 1 heterocycles. The summed E-state index contributed by atoms with van der Waals surface area (Å²) in [4.78, 5) is 11.0. The molecule has 0 amide bonds. The van der Waals surface area contributed by atoms with E-state index in [1.54, 1.807) is 36.7 Å². The van der Waals surface area contributed by atoms with E-state index in [1.165, 1.54) is 0 Å². The summed E-state index contributed by atoms with van der Waals surface area (Å²) in [6.07, 6.45) is 3.31. The van der Waals surface area contributed by atoms with Crippen molar-refractivity contribution < 1.29 is 29.2 Å². The summed E-state index contributed by atoms with van der Waals surface area (Å²) in [5, 5.41) is 20.9. The predicted octanol–water partition coefficient (Wildman–Crippen LogP) is 2.37. The third kappa shape index (κ3) is 8.33. The molecule has 0 aliphatic carbocycles. The van der Waals surface area contributed by atoms with Gasteiger partial charge in [0, 0.05) is 36.6 Å². The fraction of sp³-hybridized carbons (Fsp3) is 0.440. The first kappa shape index (κ1) is 25.5. The summed E-state index contributed by atoms with van der Waals surface area (Å²) in [5.41, 5.74) is 1.21. The second kappa shape index (κ2) is 14.2. The van der Waals surface area contributed by atoms with Gasteiger partial charge in [0.2, 0.25) is 0 Å². The molecular formula is C25H33N3O6. The maximum atomic E-state index is 10.4. The summed E-state index contributed by atoms with van der Waals surface area (Å²) in [5.74, 6) is 0.922. The minimum Gasteiger partial charge on any atom is -0.504 e. The van der Waals surface area contributed by atoms with Crippen molar-refractivity contribution in [1.82, 2.24) is 4.90 Å². The van der Waals surface area contributed by atoms with Crippen molar-refractivity contribution in [2.45, 2.75) is 0 Å². The fourth-order valence-electron chi connectivity index (χ4n) is 3.16. The maximum absolute atomic E-state index is 10.4. The lowest BCUT2D eigenvalue weighted by Gasteiger charge is -2.13. The standard InChI is InChI=1S/C25H33N3O6/c1-28-10-8-26-18-20-4-2-6-22(24(20)29)33-16-14-31-12-13-32-15-17-34-23-7-3-5-21(25(23)30)19-27-9-11-28/h2-7,18-19,29-30H,8-17H2,1H3. The Hall–Kier alpha value is -3.14. The largest absolute Gasteiger partial charge is 0.504 e. The number of likely N-dealkylation sites (N-methyl/N-ethyl adjacent to an activating group) is 1. The number of rotatable bonds is 0. The first-order valence-electron chi connectivity index (χ1n) is 11.4. The monoisotopic (exact) mass is 471 g/mol. The van der Waals surface area contributed by atoms with Gasteiger partial charge in [-0.1, -0.05) is 12.1 Å². The maximum Gasteiger partial charge on any atom is 0.166 e. The summed E-state index contributed by atoms with van der Waals surface area (Å²) in [7, 11) is 2.00. The van der Waals surface area contributed by atoms with Gasteiger partial charge in [-0.05, 0) is 31.3 Å². The van der Waals surface area contributed by atoms with Crippen molar-refractivity contribution in [2.75, 3.05) is 72.9 Å². The van der Waals surface area contributed by atoms with Gasteiger partial charge < -0.3 is 34.1 Å². The average molecular weight is 472 g/mol. The first-order chi connectivity index (χ1) is 16.6. The van der Waals surface area contributed by atoms with E-state index in [0.717, 1.165) is 13.1 Å². The van der Waals surface area contributed by atoms with Crippen molar-refractivity contribution in [3.63, 3.8) is 0 Å². The van der Waals surface area contributed by atoms with E-state index in [9.17, 15) is 10.2 Å². The number of hydrogen-bond acceptors (Lipinski definition) is 9. The van der Waals surface area contributed by atoms with Crippen LogP contribution in [0.5, 0.6) is 23.0 Å². The van der Waals surface area contributed by atoms with Gasteiger partial charge in [-0.2, -0.15) is 0 Å². The summed E-state index contributed by atoms with van der Waals surface area (Å²) in [6.45, 7) is 4.83. The molecule has 184 valence electrons. The average Bonchev–Trinajstić information content (AvgIpc) is 2.83. The molecule has 0 spiro atoms. The smallest absolute Gasteiger partial charge is 0.166 e. The lowest BCUT2D eigenvalue weighted by atomic mass is 10.2. The highest BCUT2D eigenvalue weighted by molar-refractivity contribution is 5.85. The molecule has 0 aromatic heterocycles. The Morgan fingerprint density at radius 2 is 1.12 bits per heavy atom. The number of aliphatic imine (C=N–C) groups is 2. The van der Waals surface area contributed by atoms with Crippen LogP contribution in [0.15, 0.2) is 46.4 Å². The highest BCUT2D eigenvalue weighted by Gasteiger charge is 2.08. The number of ether oxygens (including phenoxy) is 4. The minimum atomic E-state index is 0.0646. The molecule has 1 aliphatic rings. The van der Waals surface area contributed by atoms with Crippen molar-refractivity contribution >= 4 is 12.4 Å². The Labute approximate surface area is 200 Å². The summed E-state index contributed by atoms with van der Waals surface area (Å²) >= 11 is 0. The topological polar surface area (TPSA) is 105 Å². The van der Waals surface area contributed by atoms with Crippen LogP contribution in [0.1, 0.15) is 11.1 Å². The van der Waals surface area contributed by atoms with E-state index in [0.29, 0.717) is 75.4 Å². The van der Waals surface area contributed by atoms with Crippen LogP contribution in [0.3, 0.4) is 0 Å². The van der Waals surface area contributed by atoms with Gasteiger partial charge in [0.25, 0.3) is 0 Å². The second-order valence-electron chi connectivity index (χ2n) is 7.68. The zero-order chi connectivity index (χ0) is 24.0. The highest BCUT2D eigenvalue weighted by atomic mass is 16.6. The number of para-hydroxylation sites is 2.